The van der Waals surface area contributed by atoms with E-state index in [2.05, 4.69) is 34.2 Å². The molecule has 19 heavy (non-hydrogen) atoms. The van der Waals surface area contributed by atoms with Crippen molar-refractivity contribution in [1.29, 1.82) is 0 Å². The predicted octanol–water partition coefficient (Wildman–Crippen LogP) is 3.43. The average Bonchev–Trinajstić information content (AvgIpc) is 2.80. The summed E-state index contributed by atoms with van der Waals surface area (Å²) in [5.74, 6) is 0.962. The fourth-order valence-electron chi connectivity index (χ4n) is 2.26. The van der Waals surface area contributed by atoms with Crippen molar-refractivity contribution in [3.63, 3.8) is 0 Å². The molecule has 1 N–H and O–H groups in total. The van der Waals surface area contributed by atoms with Crippen LogP contribution in [0.3, 0.4) is 0 Å². The van der Waals surface area contributed by atoms with Gasteiger partial charge in [-0.1, -0.05) is 19.1 Å². The summed E-state index contributed by atoms with van der Waals surface area (Å²) in [6, 6.07) is 8.16. The Morgan fingerprint density at radius 2 is 2.21 bits per heavy atom. The van der Waals surface area contributed by atoms with E-state index in [1.54, 1.807) is 6.20 Å². The van der Waals surface area contributed by atoms with Crippen LogP contribution in [0, 0.1) is 4.77 Å². The minimum Gasteiger partial charge on any atom is -0.271 e. The summed E-state index contributed by atoms with van der Waals surface area (Å²) in [4.78, 5) is 4.21. The highest BCUT2D eigenvalue weighted by molar-refractivity contribution is 7.71. The van der Waals surface area contributed by atoms with Crippen LogP contribution < -0.4 is 0 Å². The third kappa shape index (κ3) is 2.06. The van der Waals surface area contributed by atoms with E-state index in [0.717, 1.165) is 35.1 Å². The smallest absolute Gasteiger partial charge is 0.199 e. The first-order valence-electron chi connectivity index (χ1n) is 6.30. The molecule has 0 saturated heterocycles. The van der Waals surface area contributed by atoms with Crippen molar-refractivity contribution in [1.82, 2.24) is 19.7 Å². The molecule has 0 amide bonds. The van der Waals surface area contributed by atoms with Crippen molar-refractivity contribution in [2.75, 3.05) is 0 Å². The van der Waals surface area contributed by atoms with Gasteiger partial charge in [0, 0.05) is 24.2 Å². The van der Waals surface area contributed by atoms with Crippen molar-refractivity contribution in [2.45, 2.75) is 19.8 Å². The average molecular weight is 270 g/mol. The van der Waals surface area contributed by atoms with Gasteiger partial charge in [-0.15, -0.1) is 0 Å². The lowest BCUT2D eigenvalue weighted by Gasteiger charge is -2.09. The van der Waals surface area contributed by atoms with E-state index in [4.69, 9.17) is 12.2 Å². The molecule has 0 fully saturated rings. The number of aromatic amines is 1. The largest absolute Gasteiger partial charge is 0.271 e. The summed E-state index contributed by atoms with van der Waals surface area (Å²) < 4.78 is 2.63. The monoisotopic (exact) mass is 270 g/mol. The van der Waals surface area contributed by atoms with Crippen LogP contribution >= 0.6 is 12.2 Å². The molecule has 3 aromatic rings. The lowest BCUT2D eigenvalue weighted by atomic mass is 10.1. The van der Waals surface area contributed by atoms with Gasteiger partial charge in [0.2, 0.25) is 0 Å². The molecule has 0 bridgehead atoms. The third-order valence-corrected chi connectivity index (χ3v) is 3.39. The van der Waals surface area contributed by atoms with Crippen LogP contribution in [-0.4, -0.2) is 19.7 Å². The molecule has 2 heterocycles. The van der Waals surface area contributed by atoms with E-state index in [0.29, 0.717) is 4.77 Å². The first-order valence-corrected chi connectivity index (χ1v) is 6.71. The number of hydrogen-bond acceptors (Lipinski definition) is 3. The molecule has 0 aliphatic heterocycles. The molecule has 5 heteroatoms. The fraction of sp³-hybridized carbons (Fsp3) is 0.214. The van der Waals surface area contributed by atoms with Crippen LogP contribution in [0.4, 0.5) is 0 Å². The number of H-pyrrole nitrogens is 1. The second-order valence-corrected chi connectivity index (χ2v) is 4.79. The number of pyridine rings is 1. The normalized spacial score (nSPS) is 11.0. The van der Waals surface area contributed by atoms with Crippen LogP contribution in [0.25, 0.3) is 16.5 Å². The Balaban J connectivity index is 2.30. The summed E-state index contributed by atoms with van der Waals surface area (Å²) in [6.45, 7) is 2.13. The highest BCUT2D eigenvalue weighted by Gasteiger charge is 2.10. The topological polar surface area (TPSA) is 46.5 Å². The van der Waals surface area contributed by atoms with Crippen molar-refractivity contribution in [3.05, 3.63) is 47.3 Å². The number of aromatic nitrogens is 4. The van der Waals surface area contributed by atoms with Gasteiger partial charge < -0.3 is 0 Å². The summed E-state index contributed by atoms with van der Waals surface area (Å²) >= 11 is 5.36. The number of benzene rings is 1. The first kappa shape index (κ1) is 12.0. The SMILES string of the molecule is CCCc1n[nH]c(=S)n1-c1cccc2ccncc12. The van der Waals surface area contributed by atoms with Crippen molar-refractivity contribution in [3.8, 4) is 5.69 Å². The van der Waals surface area contributed by atoms with E-state index in [1.165, 1.54) is 0 Å². The zero-order chi connectivity index (χ0) is 13.2. The fourth-order valence-corrected chi connectivity index (χ4v) is 2.51. The van der Waals surface area contributed by atoms with Crippen molar-refractivity contribution >= 4 is 23.0 Å². The second-order valence-electron chi connectivity index (χ2n) is 4.40. The molecular formula is C14H14N4S. The van der Waals surface area contributed by atoms with Crippen LogP contribution in [-0.2, 0) is 6.42 Å². The number of aryl methyl sites for hydroxylation is 1. The molecule has 1 aromatic carbocycles. The van der Waals surface area contributed by atoms with E-state index < -0.39 is 0 Å². The Morgan fingerprint density at radius 3 is 3.05 bits per heavy atom. The summed E-state index contributed by atoms with van der Waals surface area (Å²) in [5, 5.41) is 9.43. The summed E-state index contributed by atoms with van der Waals surface area (Å²) in [6.07, 6.45) is 5.59. The number of rotatable bonds is 3. The molecule has 0 aliphatic rings. The van der Waals surface area contributed by atoms with Crippen molar-refractivity contribution < 1.29 is 0 Å². The minimum atomic E-state index is 0.625. The van der Waals surface area contributed by atoms with Gasteiger partial charge in [0.1, 0.15) is 5.82 Å². The van der Waals surface area contributed by atoms with Gasteiger partial charge in [-0.25, -0.2) is 0 Å². The number of nitrogens with zero attached hydrogens (tertiary/aromatic N) is 3. The summed E-state index contributed by atoms with van der Waals surface area (Å²) in [5.41, 5.74) is 1.04. The van der Waals surface area contributed by atoms with Gasteiger partial charge in [0.15, 0.2) is 4.77 Å². The Morgan fingerprint density at radius 1 is 1.32 bits per heavy atom. The van der Waals surface area contributed by atoms with Gasteiger partial charge in [-0.3, -0.25) is 14.6 Å². The number of hydrogen-bond donors (Lipinski definition) is 1. The standard InChI is InChI=1S/C14H14N4S/c1-2-4-13-16-17-14(19)18(13)12-6-3-5-10-7-8-15-9-11(10)12/h3,5-9H,2,4H2,1H3,(H,17,19). The zero-order valence-corrected chi connectivity index (χ0v) is 11.4. The lowest BCUT2D eigenvalue weighted by Crippen LogP contribution is -2.02. The van der Waals surface area contributed by atoms with E-state index in [1.807, 2.05) is 22.9 Å². The molecule has 3 rings (SSSR count). The highest BCUT2D eigenvalue weighted by atomic mass is 32.1. The molecule has 0 spiro atoms. The Labute approximate surface area is 116 Å². The minimum absolute atomic E-state index is 0.625. The Hall–Kier alpha value is -2.01. The molecule has 0 saturated carbocycles. The molecular weight excluding hydrogens is 256 g/mol. The maximum atomic E-state index is 5.36. The molecule has 4 nitrogen and oxygen atoms in total. The maximum Gasteiger partial charge on any atom is 0.199 e. The van der Waals surface area contributed by atoms with Gasteiger partial charge >= 0.3 is 0 Å². The van der Waals surface area contributed by atoms with Gasteiger partial charge in [-0.2, -0.15) is 5.10 Å². The Kier molecular flexibility index (Phi) is 3.13. The van der Waals surface area contributed by atoms with Gasteiger partial charge in [0.05, 0.1) is 5.69 Å². The van der Waals surface area contributed by atoms with Crippen LogP contribution in [0.1, 0.15) is 19.2 Å². The van der Waals surface area contributed by atoms with Crippen LogP contribution in [0.2, 0.25) is 0 Å². The summed E-state index contributed by atoms with van der Waals surface area (Å²) in [7, 11) is 0. The van der Waals surface area contributed by atoms with Crippen molar-refractivity contribution in [2.24, 2.45) is 0 Å². The highest BCUT2D eigenvalue weighted by Crippen LogP contribution is 2.22. The molecule has 0 radical (unpaired) electrons. The zero-order valence-electron chi connectivity index (χ0n) is 10.6. The molecule has 96 valence electrons. The Bertz CT molecular complexity index is 767. The van der Waals surface area contributed by atoms with E-state index >= 15 is 0 Å². The first-order chi connectivity index (χ1) is 9.31. The van der Waals surface area contributed by atoms with E-state index in [-0.39, 0.29) is 0 Å². The molecule has 0 aliphatic carbocycles. The second kappa shape index (κ2) is 4.93. The lowest BCUT2D eigenvalue weighted by molar-refractivity contribution is 0.803. The van der Waals surface area contributed by atoms with Crippen LogP contribution in [0.5, 0.6) is 0 Å². The van der Waals surface area contributed by atoms with Gasteiger partial charge in [0.25, 0.3) is 0 Å². The molecule has 0 unspecified atom stereocenters. The quantitative estimate of drug-likeness (QED) is 0.742. The third-order valence-electron chi connectivity index (χ3n) is 3.12. The maximum absolute atomic E-state index is 5.36. The predicted molar refractivity (Wildman–Crippen MR) is 78.0 cm³/mol. The molecule has 0 atom stereocenters. The number of fused-ring (bicyclic) bond motifs is 1. The van der Waals surface area contributed by atoms with Gasteiger partial charge in [-0.05, 0) is 36.2 Å². The number of nitrogens with one attached hydrogen (secondary N) is 1. The molecule has 2 aromatic heterocycles. The van der Waals surface area contributed by atoms with E-state index in [9.17, 15) is 0 Å². The van der Waals surface area contributed by atoms with Crippen LogP contribution in [0.15, 0.2) is 36.7 Å².